The van der Waals surface area contributed by atoms with Crippen LogP contribution in [0.1, 0.15) is 32.3 Å². The lowest BCUT2D eigenvalue weighted by atomic mass is 9.73. The van der Waals surface area contributed by atoms with Gasteiger partial charge in [-0.2, -0.15) is 5.10 Å². The van der Waals surface area contributed by atoms with Crippen LogP contribution in [0.25, 0.3) is 11.0 Å². The minimum Gasteiger partial charge on any atom is -0.381 e. The smallest absolute Gasteiger partial charge is 0.230 e. The van der Waals surface area contributed by atoms with E-state index in [1.165, 1.54) is 0 Å². The van der Waals surface area contributed by atoms with Crippen molar-refractivity contribution in [2.24, 2.45) is 0 Å². The van der Waals surface area contributed by atoms with Gasteiger partial charge in [-0.15, -0.1) is 0 Å². The summed E-state index contributed by atoms with van der Waals surface area (Å²) in [4.78, 5) is 24.7. The molecule has 9 heteroatoms. The molecule has 0 spiro atoms. The molecular weight excluding hydrogens is 432 g/mol. The molecule has 3 aromatic rings. The van der Waals surface area contributed by atoms with E-state index >= 15 is 0 Å². The van der Waals surface area contributed by atoms with E-state index in [2.05, 4.69) is 39.1 Å². The molecule has 2 aromatic heterocycles. The molecule has 2 unspecified atom stereocenters. The van der Waals surface area contributed by atoms with E-state index in [-0.39, 0.29) is 18.1 Å². The van der Waals surface area contributed by atoms with Gasteiger partial charge in [0.1, 0.15) is 12.1 Å². The minimum atomic E-state index is -0.551. The van der Waals surface area contributed by atoms with Crippen molar-refractivity contribution in [2.45, 2.75) is 50.9 Å². The number of ether oxygens (including phenoxy) is 2. The van der Waals surface area contributed by atoms with Gasteiger partial charge in [-0.25, -0.2) is 14.6 Å². The van der Waals surface area contributed by atoms with Crippen LogP contribution in [0.3, 0.4) is 0 Å². The average molecular weight is 465 g/mol. The van der Waals surface area contributed by atoms with Gasteiger partial charge in [0.15, 0.2) is 5.65 Å². The summed E-state index contributed by atoms with van der Waals surface area (Å²) >= 11 is 0. The van der Waals surface area contributed by atoms with Crippen LogP contribution in [-0.4, -0.2) is 70.7 Å². The molecule has 2 aliphatic rings. The number of rotatable bonds is 6. The van der Waals surface area contributed by atoms with Crippen molar-refractivity contribution in [3.63, 3.8) is 0 Å². The molecule has 1 amide bonds. The minimum absolute atomic E-state index is 0.0464. The first-order valence-corrected chi connectivity index (χ1v) is 12.1. The van der Waals surface area contributed by atoms with Crippen LogP contribution >= 0.6 is 0 Å². The number of hydrogen-bond acceptors (Lipinski definition) is 7. The third kappa shape index (κ3) is 4.37. The lowest BCUT2D eigenvalue weighted by Gasteiger charge is -2.36. The molecule has 2 fully saturated rings. The van der Waals surface area contributed by atoms with Crippen LogP contribution in [0.15, 0.2) is 42.9 Å². The van der Waals surface area contributed by atoms with Crippen LogP contribution in [0.2, 0.25) is 0 Å². The van der Waals surface area contributed by atoms with Gasteiger partial charge < -0.3 is 19.7 Å². The Kier molecular flexibility index (Phi) is 6.47. The average Bonchev–Trinajstić information content (AvgIpc) is 3.27. The molecule has 1 aromatic carbocycles. The summed E-state index contributed by atoms with van der Waals surface area (Å²) in [5.74, 6) is 0.928. The molecule has 9 nitrogen and oxygen atoms in total. The monoisotopic (exact) mass is 464 g/mol. The van der Waals surface area contributed by atoms with Crippen LogP contribution < -0.4 is 10.2 Å². The van der Waals surface area contributed by atoms with Crippen molar-refractivity contribution < 1.29 is 14.3 Å². The highest BCUT2D eigenvalue weighted by Gasteiger charge is 2.41. The van der Waals surface area contributed by atoms with Gasteiger partial charge >= 0.3 is 0 Å². The van der Waals surface area contributed by atoms with Gasteiger partial charge in [-0.3, -0.25) is 4.79 Å². The molecule has 180 valence electrons. The molecule has 0 saturated carbocycles. The number of morpholine rings is 1. The van der Waals surface area contributed by atoms with Crippen LogP contribution in [0.5, 0.6) is 0 Å². The zero-order chi connectivity index (χ0) is 23.5. The molecule has 5 rings (SSSR count). The van der Waals surface area contributed by atoms with Crippen LogP contribution in [-0.2, 0) is 26.2 Å². The Hall–Kier alpha value is -3.04. The Labute approximate surface area is 199 Å². The molecule has 0 radical (unpaired) electrons. The second-order valence-corrected chi connectivity index (χ2v) is 9.28. The summed E-state index contributed by atoms with van der Waals surface area (Å²) in [7, 11) is 0. The number of carbonyl (C=O) groups excluding carboxylic acids is 1. The van der Waals surface area contributed by atoms with Crippen molar-refractivity contribution in [1.82, 2.24) is 25.1 Å². The number of carbonyl (C=O) groups is 1. The van der Waals surface area contributed by atoms with E-state index in [4.69, 9.17) is 9.47 Å². The highest BCUT2D eigenvalue weighted by molar-refractivity contribution is 5.88. The number of fused-ring (bicyclic) bond motifs is 1. The SMILES string of the molecule is CC1CN(c2ncnc3c2cnn3CCNC(=O)C2(c3ccccc3)CCOCC2)CC(C)O1. The molecule has 34 heavy (non-hydrogen) atoms. The molecule has 0 bridgehead atoms. The molecule has 2 aliphatic heterocycles. The highest BCUT2D eigenvalue weighted by atomic mass is 16.5. The Morgan fingerprint density at radius 2 is 1.85 bits per heavy atom. The van der Waals surface area contributed by atoms with Gasteiger partial charge in [-0.05, 0) is 32.3 Å². The molecule has 1 N–H and O–H groups in total. The van der Waals surface area contributed by atoms with Crippen molar-refractivity contribution in [3.8, 4) is 0 Å². The van der Waals surface area contributed by atoms with E-state index in [0.717, 1.165) is 35.5 Å². The summed E-state index contributed by atoms with van der Waals surface area (Å²) < 4.78 is 13.3. The summed E-state index contributed by atoms with van der Waals surface area (Å²) in [5.41, 5.74) is 1.27. The van der Waals surface area contributed by atoms with Crippen LogP contribution in [0, 0.1) is 0 Å². The normalized spacial score (nSPS) is 22.6. The zero-order valence-corrected chi connectivity index (χ0v) is 19.8. The number of aromatic nitrogens is 4. The topological polar surface area (TPSA) is 94.4 Å². The lowest BCUT2D eigenvalue weighted by molar-refractivity contribution is -0.130. The number of hydrogen-bond donors (Lipinski definition) is 1. The van der Waals surface area contributed by atoms with Crippen LogP contribution in [0.4, 0.5) is 5.82 Å². The van der Waals surface area contributed by atoms with Crippen molar-refractivity contribution >= 4 is 22.8 Å². The third-order valence-electron chi connectivity index (χ3n) is 6.85. The largest absolute Gasteiger partial charge is 0.381 e. The summed E-state index contributed by atoms with van der Waals surface area (Å²) in [5, 5.41) is 8.63. The molecule has 0 aliphatic carbocycles. The Morgan fingerprint density at radius 3 is 2.59 bits per heavy atom. The van der Waals surface area contributed by atoms with E-state index in [0.29, 0.717) is 39.1 Å². The van der Waals surface area contributed by atoms with E-state index < -0.39 is 5.41 Å². The number of amides is 1. The summed E-state index contributed by atoms with van der Waals surface area (Å²) in [6.07, 6.45) is 5.05. The molecule has 4 heterocycles. The molecule has 2 saturated heterocycles. The second kappa shape index (κ2) is 9.68. The third-order valence-corrected chi connectivity index (χ3v) is 6.85. The highest BCUT2D eigenvalue weighted by Crippen LogP contribution is 2.35. The number of benzene rings is 1. The number of anilines is 1. The van der Waals surface area contributed by atoms with Crippen molar-refractivity contribution in [3.05, 3.63) is 48.4 Å². The lowest BCUT2D eigenvalue weighted by Crippen LogP contribution is -2.48. The summed E-state index contributed by atoms with van der Waals surface area (Å²) in [6, 6.07) is 10.0. The molecular formula is C25H32N6O3. The first kappa shape index (κ1) is 22.7. The summed E-state index contributed by atoms with van der Waals surface area (Å²) in [6.45, 7) is 7.89. The molecule has 2 atom stereocenters. The maximum atomic E-state index is 13.4. The van der Waals surface area contributed by atoms with Gasteiger partial charge in [0.2, 0.25) is 5.91 Å². The number of nitrogens with zero attached hydrogens (tertiary/aromatic N) is 5. The predicted molar refractivity (Wildman–Crippen MR) is 129 cm³/mol. The van der Waals surface area contributed by atoms with E-state index in [1.54, 1.807) is 6.33 Å². The first-order valence-electron chi connectivity index (χ1n) is 12.1. The van der Waals surface area contributed by atoms with Crippen molar-refractivity contribution in [2.75, 3.05) is 37.7 Å². The van der Waals surface area contributed by atoms with E-state index in [1.807, 2.05) is 41.2 Å². The standard InChI is InChI=1S/C25H32N6O3/c1-18-15-30(16-19(2)34-18)22-21-14-29-31(23(21)28-17-27-22)11-10-26-24(32)25(8-12-33-13-9-25)20-6-4-3-5-7-20/h3-7,14,17-19H,8-13,15-16H2,1-2H3,(H,26,32). The Morgan fingerprint density at radius 1 is 1.12 bits per heavy atom. The van der Waals surface area contributed by atoms with Crippen molar-refractivity contribution in [1.29, 1.82) is 0 Å². The quantitative estimate of drug-likeness (QED) is 0.598. The Bertz CT molecular complexity index is 1120. The van der Waals surface area contributed by atoms with Gasteiger partial charge in [0.25, 0.3) is 0 Å². The second-order valence-electron chi connectivity index (χ2n) is 9.28. The number of nitrogens with one attached hydrogen (secondary N) is 1. The van der Waals surface area contributed by atoms with Gasteiger partial charge in [-0.1, -0.05) is 30.3 Å². The Balaban J connectivity index is 1.29. The predicted octanol–water partition coefficient (Wildman–Crippen LogP) is 2.30. The fraction of sp³-hybridized carbons (Fsp3) is 0.520. The van der Waals surface area contributed by atoms with Gasteiger partial charge in [0.05, 0.1) is 35.8 Å². The zero-order valence-electron chi connectivity index (χ0n) is 19.8. The first-order chi connectivity index (χ1) is 16.6. The van der Waals surface area contributed by atoms with Gasteiger partial charge in [0, 0.05) is 32.8 Å². The maximum absolute atomic E-state index is 13.4. The van der Waals surface area contributed by atoms with E-state index in [9.17, 15) is 4.79 Å². The maximum Gasteiger partial charge on any atom is 0.230 e. The fourth-order valence-corrected chi connectivity index (χ4v) is 5.22. The fourth-order valence-electron chi connectivity index (χ4n) is 5.22.